The Morgan fingerprint density at radius 1 is 1.37 bits per heavy atom. The lowest BCUT2D eigenvalue weighted by atomic mass is 10.1. The van der Waals surface area contributed by atoms with Gasteiger partial charge in [0.2, 0.25) is 16.9 Å². The summed E-state index contributed by atoms with van der Waals surface area (Å²) in [6.07, 6.45) is 1.02. The third-order valence-electron chi connectivity index (χ3n) is 2.65. The van der Waals surface area contributed by atoms with Gasteiger partial charge in [-0.2, -0.15) is 0 Å². The Bertz CT molecular complexity index is 657. The molecule has 2 aromatic rings. The van der Waals surface area contributed by atoms with E-state index in [9.17, 15) is 9.59 Å². The van der Waals surface area contributed by atoms with Crippen molar-refractivity contribution in [2.24, 2.45) is 0 Å². The molecule has 0 bridgehead atoms. The minimum atomic E-state index is -1.29. The van der Waals surface area contributed by atoms with Gasteiger partial charge in [-0.3, -0.25) is 4.79 Å². The molecule has 2 rings (SSSR count). The Hall–Kier alpha value is -2.56. The lowest BCUT2D eigenvalue weighted by molar-refractivity contribution is 0.0658. The average Bonchev–Trinajstić information content (AvgIpc) is 2.39. The van der Waals surface area contributed by atoms with Crippen molar-refractivity contribution in [2.75, 3.05) is 0 Å². The molecular formula is C14H12O5. The highest BCUT2D eigenvalue weighted by atomic mass is 16.5. The number of hydrogen-bond acceptors (Lipinski definition) is 4. The summed E-state index contributed by atoms with van der Waals surface area (Å²) in [5, 5.41) is 8.67. The van der Waals surface area contributed by atoms with E-state index in [4.69, 9.17) is 14.3 Å². The van der Waals surface area contributed by atoms with Gasteiger partial charge in [0.05, 0.1) is 0 Å². The first-order chi connectivity index (χ1) is 9.08. The molecule has 0 aliphatic heterocycles. The van der Waals surface area contributed by atoms with E-state index in [2.05, 4.69) is 0 Å². The third kappa shape index (κ3) is 3.01. The van der Waals surface area contributed by atoms with E-state index in [-0.39, 0.29) is 12.4 Å². The number of aromatic carboxylic acids is 1. The molecular weight excluding hydrogens is 248 g/mol. The molecule has 0 atom stereocenters. The fourth-order valence-corrected chi connectivity index (χ4v) is 1.54. The van der Waals surface area contributed by atoms with Crippen LogP contribution in [-0.4, -0.2) is 11.1 Å². The minimum Gasteiger partial charge on any atom is -0.482 e. The van der Waals surface area contributed by atoms with Crippen molar-refractivity contribution in [3.63, 3.8) is 0 Å². The second-order valence-corrected chi connectivity index (χ2v) is 3.99. The van der Waals surface area contributed by atoms with Crippen LogP contribution in [-0.2, 0) is 6.61 Å². The van der Waals surface area contributed by atoms with Crippen LogP contribution in [0.5, 0.6) is 5.75 Å². The highest BCUT2D eigenvalue weighted by Gasteiger charge is 2.10. The van der Waals surface area contributed by atoms with E-state index in [0.717, 1.165) is 23.5 Å². The molecule has 0 unspecified atom stereocenters. The first-order valence-corrected chi connectivity index (χ1v) is 5.61. The van der Waals surface area contributed by atoms with E-state index in [1.807, 2.05) is 31.2 Å². The summed E-state index contributed by atoms with van der Waals surface area (Å²) < 4.78 is 10.1. The van der Waals surface area contributed by atoms with E-state index in [1.54, 1.807) is 0 Å². The molecule has 0 aliphatic rings. The van der Waals surface area contributed by atoms with E-state index in [1.165, 1.54) is 0 Å². The van der Waals surface area contributed by atoms with Crippen LogP contribution in [0.25, 0.3) is 0 Å². The lowest BCUT2D eigenvalue weighted by Crippen LogP contribution is -2.10. The minimum absolute atomic E-state index is 0.00625. The van der Waals surface area contributed by atoms with E-state index in [0.29, 0.717) is 0 Å². The van der Waals surface area contributed by atoms with Gasteiger partial charge in [0.1, 0.15) is 12.9 Å². The second kappa shape index (κ2) is 5.39. The molecule has 1 aromatic carbocycles. The van der Waals surface area contributed by atoms with Crippen molar-refractivity contribution in [1.82, 2.24) is 0 Å². The number of ether oxygens (including phenoxy) is 1. The Kier molecular flexibility index (Phi) is 3.66. The quantitative estimate of drug-likeness (QED) is 0.912. The first-order valence-electron chi connectivity index (χ1n) is 5.61. The van der Waals surface area contributed by atoms with Crippen LogP contribution < -0.4 is 10.2 Å². The Morgan fingerprint density at radius 3 is 2.74 bits per heavy atom. The summed E-state index contributed by atoms with van der Waals surface area (Å²) in [6, 6.07) is 8.52. The summed E-state index contributed by atoms with van der Waals surface area (Å²) in [5.41, 5.74) is 1.48. The fourth-order valence-electron chi connectivity index (χ4n) is 1.54. The summed E-state index contributed by atoms with van der Waals surface area (Å²) in [6.45, 7) is 2.17. The smallest absolute Gasteiger partial charge is 0.371 e. The fraction of sp³-hybridized carbons (Fsp3) is 0.143. The number of aryl methyl sites for hydroxylation is 1. The van der Waals surface area contributed by atoms with Crippen molar-refractivity contribution in [1.29, 1.82) is 0 Å². The molecule has 5 heteroatoms. The van der Waals surface area contributed by atoms with Crippen LogP contribution in [0.3, 0.4) is 0 Å². The molecule has 0 saturated carbocycles. The zero-order chi connectivity index (χ0) is 13.8. The number of hydrogen-bond donors (Lipinski definition) is 1. The molecule has 1 heterocycles. The number of carboxylic acids is 1. The van der Waals surface area contributed by atoms with Crippen LogP contribution in [0.2, 0.25) is 0 Å². The topological polar surface area (TPSA) is 76.7 Å². The summed E-state index contributed by atoms with van der Waals surface area (Å²) in [5.74, 6) is -1.70. The molecule has 0 saturated heterocycles. The molecule has 0 aliphatic carbocycles. The number of carbonyl (C=O) groups is 1. The Balaban J connectivity index is 2.15. The van der Waals surface area contributed by atoms with Crippen LogP contribution in [0, 0.1) is 6.92 Å². The first kappa shape index (κ1) is 12.9. The predicted octanol–water partition coefficient (Wildman–Crippen LogP) is 2.23. The van der Waals surface area contributed by atoms with Gasteiger partial charge in [0, 0.05) is 6.07 Å². The molecule has 1 aromatic heterocycles. The van der Waals surface area contributed by atoms with Crippen molar-refractivity contribution in [3.8, 4) is 5.75 Å². The normalized spacial score (nSPS) is 10.2. The zero-order valence-corrected chi connectivity index (χ0v) is 10.3. The molecule has 0 spiro atoms. The van der Waals surface area contributed by atoms with E-state index >= 15 is 0 Å². The van der Waals surface area contributed by atoms with Gasteiger partial charge in [-0.25, -0.2) is 4.79 Å². The maximum absolute atomic E-state index is 11.6. The molecule has 0 fully saturated rings. The molecule has 5 nitrogen and oxygen atoms in total. The van der Waals surface area contributed by atoms with Gasteiger partial charge in [-0.05, 0) is 18.1 Å². The van der Waals surface area contributed by atoms with Gasteiger partial charge in [-0.15, -0.1) is 0 Å². The molecule has 19 heavy (non-hydrogen) atoms. The summed E-state index contributed by atoms with van der Waals surface area (Å²) in [4.78, 5) is 22.2. The third-order valence-corrected chi connectivity index (χ3v) is 2.65. The van der Waals surface area contributed by atoms with Crippen molar-refractivity contribution in [3.05, 3.63) is 63.7 Å². The SMILES string of the molecule is Cc1ccccc1COc1coc(C(=O)O)cc1=O. The maximum atomic E-state index is 11.6. The average molecular weight is 260 g/mol. The monoisotopic (exact) mass is 260 g/mol. The van der Waals surface area contributed by atoms with Gasteiger partial charge in [-0.1, -0.05) is 24.3 Å². The number of carboxylic acid groups (broad SMARTS) is 1. The van der Waals surface area contributed by atoms with Crippen molar-refractivity contribution >= 4 is 5.97 Å². The summed E-state index contributed by atoms with van der Waals surface area (Å²) >= 11 is 0. The van der Waals surface area contributed by atoms with Crippen LogP contribution in [0.15, 0.2) is 45.8 Å². The van der Waals surface area contributed by atoms with Gasteiger partial charge >= 0.3 is 5.97 Å². The Morgan fingerprint density at radius 2 is 2.11 bits per heavy atom. The highest BCUT2D eigenvalue weighted by molar-refractivity contribution is 5.84. The van der Waals surface area contributed by atoms with Crippen LogP contribution >= 0.6 is 0 Å². The zero-order valence-electron chi connectivity index (χ0n) is 10.3. The lowest BCUT2D eigenvalue weighted by Gasteiger charge is -2.07. The second-order valence-electron chi connectivity index (χ2n) is 3.99. The number of rotatable bonds is 4. The van der Waals surface area contributed by atoms with Gasteiger partial charge in [0.25, 0.3) is 0 Å². The molecule has 1 N–H and O–H groups in total. The van der Waals surface area contributed by atoms with E-state index < -0.39 is 17.2 Å². The molecule has 0 radical (unpaired) electrons. The maximum Gasteiger partial charge on any atom is 0.371 e. The summed E-state index contributed by atoms with van der Waals surface area (Å²) in [7, 11) is 0. The Labute approximate surface area is 109 Å². The van der Waals surface area contributed by atoms with Gasteiger partial charge < -0.3 is 14.3 Å². The van der Waals surface area contributed by atoms with Gasteiger partial charge in [0.15, 0.2) is 0 Å². The largest absolute Gasteiger partial charge is 0.482 e. The van der Waals surface area contributed by atoms with Crippen LogP contribution in [0.1, 0.15) is 21.7 Å². The molecule has 0 amide bonds. The highest BCUT2D eigenvalue weighted by Crippen LogP contribution is 2.12. The molecule has 98 valence electrons. The van der Waals surface area contributed by atoms with Crippen molar-refractivity contribution < 1.29 is 19.1 Å². The van der Waals surface area contributed by atoms with Crippen molar-refractivity contribution in [2.45, 2.75) is 13.5 Å². The predicted molar refractivity (Wildman–Crippen MR) is 67.4 cm³/mol. The standard InChI is InChI=1S/C14H12O5/c1-9-4-2-3-5-10(9)7-18-13-8-19-12(14(16)17)6-11(13)15/h2-6,8H,7H2,1H3,(H,16,17). The van der Waals surface area contributed by atoms with Crippen LogP contribution in [0.4, 0.5) is 0 Å². The number of benzene rings is 1.